The highest BCUT2D eigenvalue weighted by Gasteiger charge is 2.26. The number of hydrogen-bond acceptors (Lipinski definition) is 10. The zero-order chi connectivity index (χ0) is 24.5. The van der Waals surface area contributed by atoms with Crippen LogP contribution < -0.4 is 9.64 Å². The van der Waals surface area contributed by atoms with Crippen molar-refractivity contribution >= 4 is 17.6 Å². The SMILES string of the molecule is COCCOc1ccc(-c2c(C#N)c(SCc3ccccn3)nc(N3CCOCC3)c2C#N)nc1. The normalized spacial score (nSPS) is 13.2. The summed E-state index contributed by atoms with van der Waals surface area (Å²) in [4.78, 5) is 15.7. The lowest BCUT2D eigenvalue weighted by Crippen LogP contribution is -2.37. The number of nitrogens with zero attached hydrogens (tertiary/aromatic N) is 6. The van der Waals surface area contributed by atoms with Gasteiger partial charge < -0.3 is 19.1 Å². The summed E-state index contributed by atoms with van der Waals surface area (Å²) in [5.41, 5.74) is 2.50. The molecule has 0 saturated carbocycles. The number of ether oxygens (including phenoxy) is 3. The first-order chi connectivity index (χ1) is 17.2. The molecule has 3 aromatic rings. The minimum absolute atomic E-state index is 0.319. The molecule has 1 fully saturated rings. The molecule has 1 aliphatic rings. The summed E-state index contributed by atoms with van der Waals surface area (Å²) < 4.78 is 16.1. The standard InChI is InChI=1S/C25H24N6O3S/c1-32-12-13-34-19-5-6-22(29-16-19)23-20(14-26)24(31-8-10-33-11-9-31)30-25(21(23)15-27)35-17-18-4-2-3-7-28-18/h2-7,16H,8-13,17H2,1H3. The first-order valence-electron chi connectivity index (χ1n) is 11.1. The van der Waals surface area contributed by atoms with Gasteiger partial charge in [0, 0.05) is 37.7 Å². The molecule has 4 rings (SSSR count). The number of pyridine rings is 3. The van der Waals surface area contributed by atoms with Gasteiger partial charge in [-0.1, -0.05) is 17.8 Å². The monoisotopic (exact) mass is 488 g/mol. The topological polar surface area (TPSA) is 117 Å². The summed E-state index contributed by atoms with van der Waals surface area (Å²) in [5, 5.41) is 20.9. The molecule has 0 atom stereocenters. The van der Waals surface area contributed by atoms with Crippen LogP contribution in [0.5, 0.6) is 5.75 Å². The summed E-state index contributed by atoms with van der Waals surface area (Å²) >= 11 is 1.42. The lowest BCUT2D eigenvalue weighted by Gasteiger charge is -2.29. The maximum atomic E-state index is 10.2. The van der Waals surface area contributed by atoms with E-state index in [0.717, 1.165) is 5.69 Å². The van der Waals surface area contributed by atoms with Gasteiger partial charge in [0.05, 0.1) is 43.0 Å². The number of hydrogen-bond donors (Lipinski definition) is 0. The fourth-order valence-electron chi connectivity index (χ4n) is 3.61. The van der Waals surface area contributed by atoms with Crippen LogP contribution in [0, 0.1) is 22.7 Å². The van der Waals surface area contributed by atoms with Gasteiger partial charge in [-0.15, -0.1) is 0 Å². The van der Waals surface area contributed by atoms with Crippen LogP contribution in [-0.4, -0.2) is 61.6 Å². The molecule has 0 amide bonds. The Bertz CT molecular complexity index is 1220. The van der Waals surface area contributed by atoms with Crippen molar-refractivity contribution in [1.82, 2.24) is 15.0 Å². The van der Waals surface area contributed by atoms with Gasteiger partial charge in [-0.2, -0.15) is 10.5 Å². The Kier molecular flexibility index (Phi) is 8.47. The number of nitriles is 2. The van der Waals surface area contributed by atoms with E-state index < -0.39 is 0 Å². The predicted octanol–water partition coefficient (Wildman–Crippen LogP) is 3.44. The summed E-state index contributed by atoms with van der Waals surface area (Å²) in [6.07, 6.45) is 3.32. The number of thioether (sulfide) groups is 1. The van der Waals surface area contributed by atoms with E-state index >= 15 is 0 Å². The van der Waals surface area contributed by atoms with E-state index in [4.69, 9.17) is 19.2 Å². The minimum atomic E-state index is 0.319. The lowest BCUT2D eigenvalue weighted by atomic mass is 10.00. The van der Waals surface area contributed by atoms with Crippen LogP contribution in [0.4, 0.5) is 5.82 Å². The zero-order valence-electron chi connectivity index (χ0n) is 19.3. The van der Waals surface area contributed by atoms with Crippen LogP contribution in [-0.2, 0) is 15.2 Å². The molecule has 0 N–H and O–H groups in total. The molecule has 0 spiro atoms. The third-order valence-electron chi connectivity index (χ3n) is 5.31. The summed E-state index contributed by atoms with van der Waals surface area (Å²) in [6.45, 7) is 3.17. The van der Waals surface area contributed by atoms with E-state index in [0.29, 0.717) is 84.2 Å². The van der Waals surface area contributed by atoms with E-state index in [1.54, 1.807) is 31.6 Å². The van der Waals surface area contributed by atoms with E-state index in [9.17, 15) is 10.5 Å². The van der Waals surface area contributed by atoms with Crippen molar-refractivity contribution in [3.63, 3.8) is 0 Å². The predicted molar refractivity (Wildman–Crippen MR) is 131 cm³/mol. The highest BCUT2D eigenvalue weighted by Crippen LogP contribution is 2.38. The van der Waals surface area contributed by atoms with Gasteiger partial charge in [-0.25, -0.2) is 4.98 Å². The molecule has 9 nitrogen and oxygen atoms in total. The summed E-state index contributed by atoms with van der Waals surface area (Å²) in [6, 6.07) is 13.8. The molecule has 4 heterocycles. The van der Waals surface area contributed by atoms with Crippen LogP contribution in [0.3, 0.4) is 0 Å². The maximum absolute atomic E-state index is 10.2. The van der Waals surface area contributed by atoms with Gasteiger partial charge in [0.1, 0.15) is 40.9 Å². The van der Waals surface area contributed by atoms with Gasteiger partial charge >= 0.3 is 0 Å². The van der Waals surface area contributed by atoms with E-state index in [-0.39, 0.29) is 0 Å². The fraction of sp³-hybridized carbons (Fsp3) is 0.320. The van der Waals surface area contributed by atoms with E-state index in [1.165, 1.54) is 11.8 Å². The Morgan fingerprint density at radius 2 is 1.89 bits per heavy atom. The second-order valence-corrected chi connectivity index (χ2v) is 8.48. The fourth-order valence-corrected chi connectivity index (χ4v) is 4.51. The Morgan fingerprint density at radius 1 is 1.06 bits per heavy atom. The molecule has 10 heteroatoms. The van der Waals surface area contributed by atoms with Crippen molar-refractivity contribution in [2.24, 2.45) is 0 Å². The molecule has 3 aromatic heterocycles. The molecule has 0 aliphatic carbocycles. The average molecular weight is 489 g/mol. The number of aromatic nitrogens is 3. The largest absolute Gasteiger partial charge is 0.490 e. The second-order valence-electron chi connectivity index (χ2n) is 7.52. The van der Waals surface area contributed by atoms with Crippen molar-refractivity contribution in [2.45, 2.75) is 10.8 Å². The molecule has 0 unspecified atom stereocenters. The molecule has 1 saturated heterocycles. The van der Waals surface area contributed by atoms with Crippen LogP contribution in [0.1, 0.15) is 16.8 Å². The molecule has 178 valence electrons. The van der Waals surface area contributed by atoms with Crippen LogP contribution in [0.25, 0.3) is 11.3 Å². The maximum Gasteiger partial charge on any atom is 0.148 e. The second kappa shape index (κ2) is 12.1. The molecular formula is C25H24N6O3S. The number of morpholine rings is 1. The first-order valence-corrected chi connectivity index (χ1v) is 12.1. The van der Waals surface area contributed by atoms with Gasteiger partial charge in [0.15, 0.2) is 0 Å². The Labute approximate surface area is 208 Å². The van der Waals surface area contributed by atoms with Crippen molar-refractivity contribution in [2.75, 3.05) is 51.5 Å². The quantitative estimate of drug-likeness (QED) is 0.327. The Hall–Kier alpha value is -3.70. The Balaban J connectivity index is 1.78. The van der Waals surface area contributed by atoms with Crippen LogP contribution in [0.2, 0.25) is 0 Å². The van der Waals surface area contributed by atoms with E-state index in [1.807, 2.05) is 23.1 Å². The Morgan fingerprint density at radius 3 is 2.54 bits per heavy atom. The third kappa shape index (κ3) is 5.87. The number of rotatable bonds is 9. The minimum Gasteiger partial charge on any atom is -0.490 e. The highest BCUT2D eigenvalue weighted by atomic mass is 32.2. The van der Waals surface area contributed by atoms with Crippen LogP contribution in [0.15, 0.2) is 47.8 Å². The molecule has 0 aromatic carbocycles. The third-order valence-corrected chi connectivity index (χ3v) is 6.32. The molecule has 35 heavy (non-hydrogen) atoms. The smallest absolute Gasteiger partial charge is 0.148 e. The molecule has 0 radical (unpaired) electrons. The van der Waals surface area contributed by atoms with Gasteiger partial charge in [-0.05, 0) is 24.3 Å². The number of anilines is 1. The first kappa shape index (κ1) is 24.4. The average Bonchev–Trinajstić information content (AvgIpc) is 2.92. The van der Waals surface area contributed by atoms with Crippen molar-refractivity contribution in [1.29, 1.82) is 10.5 Å². The van der Waals surface area contributed by atoms with Gasteiger partial charge in [-0.3, -0.25) is 9.97 Å². The van der Waals surface area contributed by atoms with Crippen molar-refractivity contribution < 1.29 is 14.2 Å². The van der Waals surface area contributed by atoms with Crippen LogP contribution >= 0.6 is 11.8 Å². The van der Waals surface area contributed by atoms with Gasteiger partial charge in [0.2, 0.25) is 0 Å². The molecule has 1 aliphatic heterocycles. The summed E-state index contributed by atoms with van der Waals surface area (Å²) in [5.74, 6) is 1.65. The molecular weight excluding hydrogens is 464 g/mol. The van der Waals surface area contributed by atoms with E-state index in [2.05, 4.69) is 22.1 Å². The highest BCUT2D eigenvalue weighted by molar-refractivity contribution is 7.98. The lowest BCUT2D eigenvalue weighted by molar-refractivity contribution is 0.122. The van der Waals surface area contributed by atoms with Gasteiger partial charge in [0.25, 0.3) is 0 Å². The number of methoxy groups -OCH3 is 1. The van der Waals surface area contributed by atoms with Crippen molar-refractivity contribution in [3.8, 4) is 29.1 Å². The molecule has 0 bridgehead atoms. The zero-order valence-corrected chi connectivity index (χ0v) is 20.1. The van der Waals surface area contributed by atoms with Crippen molar-refractivity contribution in [3.05, 3.63) is 59.5 Å². The summed E-state index contributed by atoms with van der Waals surface area (Å²) in [7, 11) is 1.61.